The van der Waals surface area contributed by atoms with Crippen LogP contribution in [-0.4, -0.2) is 52.9 Å². The molecule has 0 spiro atoms. The Morgan fingerprint density at radius 3 is 2.22 bits per heavy atom. The SMILES string of the molecule is Cc1[nH]c(=O)[nH]c(=O)c1CC(=O)N1CCN(c2ccc(C(N)=O)cc2)CC1. The van der Waals surface area contributed by atoms with E-state index in [1.807, 2.05) is 12.1 Å². The molecule has 2 heterocycles. The summed E-state index contributed by atoms with van der Waals surface area (Å²) in [5, 5.41) is 0. The lowest BCUT2D eigenvalue weighted by molar-refractivity contribution is -0.130. The number of carbonyl (C=O) groups is 2. The number of nitrogens with one attached hydrogen (secondary N) is 2. The molecule has 1 aliphatic rings. The lowest BCUT2D eigenvalue weighted by Gasteiger charge is -2.36. The average Bonchev–Trinajstić information content (AvgIpc) is 2.64. The van der Waals surface area contributed by atoms with Crippen molar-refractivity contribution in [3.05, 3.63) is 61.9 Å². The number of nitrogens with zero attached hydrogens (tertiary/aromatic N) is 2. The molecule has 0 atom stereocenters. The van der Waals surface area contributed by atoms with Crippen LogP contribution < -0.4 is 21.9 Å². The van der Waals surface area contributed by atoms with Crippen LogP contribution in [0.4, 0.5) is 5.69 Å². The van der Waals surface area contributed by atoms with E-state index in [-0.39, 0.29) is 17.9 Å². The zero-order chi connectivity index (χ0) is 19.6. The molecular formula is C18H21N5O4. The molecule has 27 heavy (non-hydrogen) atoms. The number of nitrogens with two attached hydrogens (primary N) is 1. The second kappa shape index (κ2) is 7.48. The van der Waals surface area contributed by atoms with Crippen LogP contribution in [0.2, 0.25) is 0 Å². The molecule has 1 saturated heterocycles. The molecule has 1 aromatic heterocycles. The van der Waals surface area contributed by atoms with E-state index >= 15 is 0 Å². The number of amides is 2. The lowest BCUT2D eigenvalue weighted by atomic mass is 10.1. The Morgan fingerprint density at radius 2 is 1.67 bits per heavy atom. The number of rotatable bonds is 4. The highest BCUT2D eigenvalue weighted by molar-refractivity contribution is 5.93. The minimum atomic E-state index is -0.579. The Balaban J connectivity index is 1.62. The summed E-state index contributed by atoms with van der Waals surface area (Å²) in [6.45, 7) is 3.94. The number of aromatic nitrogens is 2. The van der Waals surface area contributed by atoms with Gasteiger partial charge in [-0.2, -0.15) is 0 Å². The smallest absolute Gasteiger partial charge is 0.325 e. The van der Waals surface area contributed by atoms with Gasteiger partial charge in [0, 0.05) is 48.7 Å². The number of benzene rings is 1. The molecular weight excluding hydrogens is 350 g/mol. The van der Waals surface area contributed by atoms with Crippen molar-refractivity contribution in [3.8, 4) is 0 Å². The molecule has 1 aromatic carbocycles. The predicted molar refractivity (Wildman–Crippen MR) is 99.9 cm³/mol. The van der Waals surface area contributed by atoms with Crippen LogP contribution in [0.1, 0.15) is 21.6 Å². The van der Waals surface area contributed by atoms with Crippen molar-refractivity contribution in [1.82, 2.24) is 14.9 Å². The van der Waals surface area contributed by atoms with E-state index in [2.05, 4.69) is 14.9 Å². The molecule has 0 radical (unpaired) electrons. The number of aryl methyl sites for hydroxylation is 1. The number of H-pyrrole nitrogens is 2. The maximum absolute atomic E-state index is 12.5. The number of hydrogen-bond donors (Lipinski definition) is 3. The summed E-state index contributed by atoms with van der Waals surface area (Å²) in [5.41, 5.74) is 6.24. The van der Waals surface area contributed by atoms with Gasteiger partial charge in [-0.1, -0.05) is 0 Å². The van der Waals surface area contributed by atoms with Gasteiger partial charge in [-0.3, -0.25) is 19.4 Å². The van der Waals surface area contributed by atoms with Crippen molar-refractivity contribution >= 4 is 17.5 Å². The van der Waals surface area contributed by atoms with Gasteiger partial charge in [0.15, 0.2) is 0 Å². The van der Waals surface area contributed by atoms with Crippen molar-refractivity contribution in [3.63, 3.8) is 0 Å². The summed E-state index contributed by atoms with van der Waals surface area (Å²) in [5.74, 6) is -0.621. The first-order valence-electron chi connectivity index (χ1n) is 8.60. The van der Waals surface area contributed by atoms with Crippen molar-refractivity contribution in [2.45, 2.75) is 13.3 Å². The van der Waals surface area contributed by atoms with Gasteiger partial charge in [0.25, 0.3) is 5.56 Å². The van der Waals surface area contributed by atoms with Crippen LogP contribution in [0.5, 0.6) is 0 Å². The molecule has 142 valence electrons. The van der Waals surface area contributed by atoms with Crippen LogP contribution in [0, 0.1) is 6.92 Å². The summed E-state index contributed by atoms with van der Waals surface area (Å²) in [7, 11) is 0. The quantitative estimate of drug-likeness (QED) is 0.658. The molecule has 2 amide bonds. The van der Waals surface area contributed by atoms with E-state index in [9.17, 15) is 19.2 Å². The standard InChI is InChI=1S/C18H21N5O4/c1-11-14(17(26)21-18(27)20-11)10-15(24)23-8-6-22(7-9-23)13-4-2-12(3-5-13)16(19)25/h2-5H,6-10H2,1H3,(H2,19,25)(H2,20,21,26,27). The van der Waals surface area contributed by atoms with Gasteiger partial charge in [0.05, 0.1) is 6.42 Å². The Labute approximate surface area is 154 Å². The molecule has 0 bridgehead atoms. The van der Waals surface area contributed by atoms with Gasteiger partial charge in [0.1, 0.15) is 0 Å². The van der Waals surface area contributed by atoms with Gasteiger partial charge in [0.2, 0.25) is 11.8 Å². The fraction of sp³-hybridized carbons (Fsp3) is 0.333. The molecule has 0 saturated carbocycles. The molecule has 4 N–H and O–H groups in total. The monoisotopic (exact) mass is 371 g/mol. The molecule has 3 rings (SSSR count). The van der Waals surface area contributed by atoms with Crippen LogP contribution >= 0.6 is 0 Å². The zero-order valence-electron chi connectivity index (χ0n) is 14.9. The molecule has 9 heteroatoms. The van der Waals surface area contributed by atoms with E-state index in [0.29, 0.717) is 37.4 Å². The number of hydrogen-bond acceptors (Lipinski definition) is 5. The summed E-state index contributed by atoms with van der Waals surface area (Å²) < 4.78 is 0. The Kier molecular flexibility index (Phi) is 5.11. The molecule has 0 aliphatic carbocycles. The van der Waals surface area contributed by atoms with Gasteiger partial charge in [-0.25, -0.2) is 4.79 Å². The van der Waals surface area contributed by atoms with Crippen LogP contribution in [0.3, 0.4) is 0 Å². The second-order valence-electron chi connectivity index (χ2n) is 6.47. The van der Waals surface area contributed by atoms with Crippen molar-refractivity contribution in [2.24, 2.45) is 5.73 Å². The first-order valence-corrected chi connectivity index (χ1v) is 8.60. The molecule has 1 aliphatic heterocycles. The third-order valence-electron chi connectivity index (χ3n) is 4.73. The van der Waals surface area contributed by atoms with Gasteiger partial charge in [-0.15, -0.1) is 0 Å². The maximum Gasteiger partial charge on any atom is 0.325 e. The Bertz CT molecular complexity index is 968. The highest BCUT2D eigenvalue weighted by Gasteiger charge is 2.23. The molecule has 2 aromatic rings. The topological polar surface area (TPSA) is 132 Å². The molecule has 1 fully saturated rings. The number of primary amides is 1. The molecule has 0 unspecified atom stereocenters. The highest BCUT2D eigenvalue weighted by Crippen LogP contribution is 2.17. The van der Waals surface area contributed by atoms with Gasteiger partial charge < -0.3 is 20.5 Å². The van der Waals surface area contributed by atoms with Crippen molar-refractivity contribution in [2.75, 3.05) is 31.1 Å². The minimum absolute atomic E-state index is 0.0503. The van der Waals surface area contributed by atoms with E-state index in [4.69, 9.17) is 5.73 Å². The van der Waals surface area contributed by atoms with Crippen LogP contribution in [-0.2, 0) is 11.2 Å². The number of anilines is 1. The Hall–Kier alpha value is -3.36. The van der Waals surface area contributed by atoms with Gasteiger partial charge in [-0.05, 0) is 31.2 Å². The molecule has 9 nitrogen and oxygen atoms in total. The fourth-order valence-electron chi connectivity index (χ4n) is 3.15. The summed E-state index contributed by atoms with van der Waals surface area (Å²) in [6, 6.07) is 7.03. The first-order chi connectivity index (χ1) is 12.8. The Morgan fingerprint density at radius 1 is 1.04 bits per heavy atom. The number of aromatic amines is 2. The van der Waals surface area contributed by atoms with Crippen molar-refractivity contribution in [1.29, 1.82) is 0 Å². The number of carbonyl (C=O) groups excluding carboxylic acids is 2. The largest absolute Gasteiger partial charge is 0.368 e. The van der Waals surface area contributed by atoms with Crippen LogP contribution in [0.15, 0.2) is 33.9 Å². The summed E-state index contributed by atoms with van der Waals surface area (Å²) in [6.07, 6.45) is -0.0503. The zero-order valence-corrected chi connectivity index (χ0v) is 14.9. The number of piperazine rings is 1. The normalized spacial score (nSPS) is 14.3. The fourth-order valence-corrected chi connectivity index (χ4v) is 3.15. The van der Waals surface area contributed by atoms with Crippen molar-refractivity contribution < 1.29 is 9.59 Å². The van der Waals surface area contributed by atoms with Crippen LogP contribution in [0.25, 0.3) is 0 Å². The lowest BCUT2D eigenvalue weighted by Crippen LogP contribution is -2.49. The minimum Gasteiger partial charge on any atom is -0.368 e. The van der Waals surface area contributed by atoms with E-state index in [1.165, 1.54) is 0 Å². The van der Waals surface area contributed by atoms with E-state index in [0.717, 1.165) is 5.69 Å². The van der Waals surface area contributed by atoms with E-state index < -0.39 is 17.2 Å². The van der Waals surface area contributed by atoms with E-state index in [1.54, 1.807) is 24.0 Å². The van der Waals surface area contributed by atoms with Gasteiger partial charge >= 0.3 is 5.69 Å². The highest BCUT2D eigenvalue weighted by atomic mass is 16.2. The maximum atomic E-state index is 12.5. The average molecular weight is 371 g/mol. The first kappa shape index (κ1) is 18.4. The third-order valence-corrected chi connectivity index (χ3v) is 4.73. The second-order valence-corrected chi connectivity index (χ2v) is 6.47. The summed E-state index contributed by atoms with van der Waals surface area (Å²) >= 11 is 0. The summed E-state index contributed by atoms with van der Waals surface area (Å²) in [4.78, 5) is 55.3. The third kappa shape index (κ3) is 4.08. The predicted octanol–water partition coefficient (Wildman–Crippen LogP) is -0.638.